The molecular weight excluding hydrogens is 170 g/mol. The van der Waals surface area contributed by atoms with Gasteiger partial charge < -0.3 is 11.1 Å². The molecule has 1 heterocycles. The molecule has 3 N–H and O–H groups in total. The Morgan fingerprint density at radius 2 is 2.58 bits per heavy atom. The summed E-state index contributed by atoms with van der Waals surface area (Å²) in [5.41, 5.74) is 7.58. The van der Waals surface area contributed by atoms with Crippen LogP contribution in [0.2, 0.25) is 0 Å². The Bertz CT molecular complexity index is 198. The lowest BCUT2D eigenvalue weighted by atomic mass is 10.2. The van der Waals surface area contributed by atoms with Gasteiger partial charge in [0.05, 0.1) is 5.51 Å². The van der Waals surface area contributed by atoms with Crippen LogP contribution in [0.5, 0.6) is 0 Å². The van der Waals surface area contributed by atoms with E-state index in [1.54, 1.807) is 11.3 Å². The smallest absolute Gasteiger partial charge is 0.0794 e. The van der Waals surface area contributed by atoms with Crippen LogP contribution in [0, 0.1) is 0 Å². The monoisotopic (exact) mass is 185 g/mol. The van der Waals surface area contributed by atoms with Crippen molar-refractivity contribution < 1.29 is 0 Å². The normalized spacial score (nSPS) is 13.2. The van der Waals surface area contributed by atoms with Crippen molar-refractivity contribution in [1.29, 1.82) is 0 Å². The Hall–Kier alpha value is -0.450. The summed E-state index contributed by atoms with van der Waals surface area (Å²) in [4.78, 5) is 5.25. The van der Waals surface area contributed by atoms with E-state index >= 15 is 0 Å². The van der Waals surface area contributed by atoms with Crippen LogP contribution in [-0.2, 0) is 6.54 Å². The topological polar surface area (TPSA) is 50.9 Å². The molecular formula is C8H15N3S. The molecule has 3 nitrogen and oxygen atoms in total. The maximum absolute atomic E-state index is 5.74. The molecule has 0 aliphatic heterocycles. The zero-order valence-electron chi connectivity index (χ0n) is 7.29. The molecule has 1 aromatic heterocycles. The summed E-state index contributed by atoms with van der Waals surface area (Å²) in [6, 6.07) is 0.276. The number of rotatable bonds is 5. The fraction of sp³-hybridized carbons (Fsp3) is 0.625. The van der Waals surface area contributed by atoms with Crippen LogP contribution in [0.4, 0.5) is 0 Å². The van der Waals surface area contributed by atoms with Crippen LogP contribution < -0.4 is 11.1 Å². The van der Waals surface area contributed by atoms with Gasteiger partial charge in [0.1, 0.15) is 0 Å². The standard InChI is InChI=1S/C8H15N3S/c1-2-7(9)3-10-4-8-5-11-6-12-8/h5-7,10H,2-4,9H2,1H3. The molecule has 0 bridgehead atoms. The Labute approximate surface area is 77.0 Å². The molecule has 0 aliphatic carbocycles. The zero-order valence-corrected chi connectivity index (χ0v) is 8.10. The molecule has 4 heteroatoms. The Morgan fingerprint density at radius 1 is 1.75 bits per heavy atom. The van der Waals surface area contributed by atoms with Gasteiger partial charge in [0, 0.05) is 30.2 Å². The van der Waals surface area contributed by atoms with Gasteiger partial charge in [-0.3, -0.25) is 4.98 Å². The van der Waals surface area contributed by atoms with Gasteiger partial charge in [-0.05, 0) is 6.42 Å². The van der Waals surface area contributed by atoms with Crippen LogP contribution in [-0.4, -0.2) is 17.6 Å². The molecule has 1 unspecified atom stereocenters. The van der Waals surface area contributed by atoms with Crippen LogP contribution in [0.1, 0.15) is 18.2 Å². The van der Waals surface area contributed by atoms with Gasteiger partial charge in [-0.1, -0.05) is 6.92 Å². The minimum Gasteiger partial charge on any atom is -0.327 e. The fourth-order valence-corrected chi connectivity index (χ4v) is 1.42. The van der Waals surface area contributed by atoms with Crippen LogP contribution in [0.3, 0.4) is 0 Å². The van der Waals surface area contributed by atoms with Gasteiger partial charge in [-0.25, -0.2) is 0 Å². The molecule has 0 radical (unpaired) electrons. The van der Waals surface area contributed by atoms with Gasteiger partial charge in [-0.15, -0.1) is 11.3 Å². The number of aromatic nitrogens is 1. The molecule has 12 heavy (non-hydrogen) atoms. The molecule has 1 aromatic rings. The van der Waals surface area contributed by atoms with E-state index in [-0.39, 0.29) is 6.04 Å². The third-order valence-electron chi connectivity index (χ3n) is 1.71. The number of hydrogen-bond donors (Lipinski definition) is 2. The molecule has 0 aliphatic rings. The van der Waals surface area contributed by atoms with Crippen molar-refractivity contribution in [1.82, 2.24) is 10.3 Å². The second-order valence-corrected chi connectivity index (χ2v) is 3.74. The molecule has 0 saturated carbocycles. The predicted molar refractivity (Wildman–Crippen MR) is 52.1 cm³/mol. The summed E-state index contributed by atoms with van der Waals surface area (Å²) in [5.74, 6) is 0. The number of nitrogens with two attached hydrogens (primary N) is 1. The SMILES string of the molecule is CCC(N)CNCc1cncs1. The molecule has 0 saturated heterocycles. The number of nitrogens with one attached hydrogen (secondary N) is 1. The summed E-state index contributed by atoms with van der Waals surface area (Å²) in [7, 11) is 0. The van der Waals surface area contributed by atoms with Gasteiger partial charge >= 0.3 is 0 Å². The van der Waals surface area contributed by atoms with Crippen LogP contribution in [0.25, 0.3) is 0 Å². The molecule has 0 aromatic carbocycles. The van der Waals surface area contributed by atoms with E-state index in [0.717, 1.165) is 19.5 Å². The Balaban J connectivity index is 2.11. The molecule has 1 rings (SSSR count). The van der Waals surface area contributed by atoms with Gasteiger partial charge in [0.25, 0.3) is 0 Å². The van der Waals surface area contributed by atoms with E-state index in [9.17, 15) is 0 Å². The van der Waals surface area contributed by atoms with E-state index in [1.165, 1.54) is 4.88 Å². The third kappa shape index (κ3) is 3.30. The van der Waals surface area contributed by atoms with E-state index < -0.39 is 0 Å². The fourth-order valence-electron chi connectivity index (χ4n) is 0.855. The highest BCUT2D eigenvalue weighted by molar-refractivity contribution is 7.09. The van der Waals surface area contributed by atoms with Crippen molar-refractivity contribution >= 4 is 11.3 Å². The van der Waals surface area contributed by atoms with E-state index in [1.807, 2.05) is 11.7 Å². The molecule has 0 amide bonds. The summed E-state index contributed by atoms with van der Waals surface area (Å²) in [5, 5.41) is 3.28. The highest BCUT2D eigenvalue weighted by Crippen LogP contribution is 2.03. The van der Waals surface area contributed by atoms with Crippen molar-refractivity contribution in [3.8, 4) is 0 Å². The minimum absolute atomic E-state index is 0.276. The first-order valence-corrected chi connectivity index (χ1v) is 5.04. The maximum atomic E-state index is 5.74. The minimum atomic E-state index is 0.276. The van der Waals surface area contributed by atoms with Crippen molar-refractivity contribution in [2.45, 2.75) is 25.9 Å². The molecule has 0 fully saturated rings. The van der Waals surface area contributed by atoms with E-state index in [4.69, 9.17) is 5.73 Å². The first kappa shape index (κ1) is 9.64. The largest absolute Gasteiger partial charge is 0.327 e. The molecule has 68 valence electrons. The predicted octanol–water partition coefficient (Wildman–Crippen LogP) is 0.970. The third-order valence-corrected chi connectivity index (χ3v) is 2.49. The van der Waals surface area contributed by atoms with Crippen LogP contribution >= 0.6 is 11.3 Å². The average molecular weight is 185 g/mol. The van der Waals surface area contributed by atoms with E-state index in [2.05, 4.69) is 17.2 Å². The van der Waals surface area contributed by atoms with Crippen molar-refractivity contribution in [2.24, 2.45) is 5.73 Å². The number of nitrogens with zero attached hydrogens (tertiary/aromatic N) is 1. The van der Waals surface area contributed by atoms with Crippen molar-refractivity contribution in [2.75, 3.05) is 6.54 Å². The first-order chi connectivity index (χ1) is 5.83. The highest BCUT2D eigenvalue weighted by Gasteiger charge is 1.98. The quantitative estimate of drug-likeness (QED) is 0.718. The Morgan fingerprint density at radius 3 is 3.17 bits per heavy atom. The Kier molecular flexibility index (Phi) is 4.21. The maximum Gasteiger partial charge on any atom is 0.0794 e. The van der Waals surface area contributed by atoms with Gasteiger partial charge in [0.2, 0.25) is 0 Å². The lowest BCUT2D eigenvalue weighted by Crippen LogP contribution is -2.32. The average Bonchev–Trinajstić information content (AvgIpc) is 2.57. The summed E-state index contributed by atoms with van der Waals surface area (Å²) < 4.78 is 0. The molecule has 0 spiro atoms. The highest BCUT2D eigenvalue weighted by atomic mass is 32.1. The second kappa shape index (κ2) is 5.24. The lowest BCUT2D eigenvalue weighted by Gasteiger charge is -2.08. The van der Waals surface area contributed by atoms with E-state index in [0.29, 0.717) is 0 Å². The lowest BCUT2D eigenvalue weighted by molar-refractivity contribution is 0.565. The van der Waals surface area contributed by atoms with Gasteiger partial charge in [-0.2, -0.15) is 0 Å². The van der Waals surface area contributed by atoms with Gasteiger partial charge in [0.15, 0.2) is 0 Å². The number of thiazole rings is 1. The summed E-state index contributed by atoms with van der Waals surface area (Å²) in [6.07, 6.45) is 2.91. The summed E-state index contributed by atoms with van der Waals surface area (Å²) in [6.45, 7) is 3.87. The second-order valence-electron chi connectivity index (χ2n) is 2.77. The van der Waals surface area contributed by atoms with Crippen LogP contribution in [0.15, 0.2) is 11.7 Å². The van der Waals surface area contributed by atoms with Crippen molar-refractivity contribution in [3.05, 3.63) is 16.6 Å². The summed E-state index contributed by atoms with van der Waals surface area (Å²) >= 11 is 1.67. The molecule has 1 atom stereocenters. The number of hydrogen-bond acceptors (Lipinski definition) is 4. The van der Waals surface area contributed by atoms with Crippen molar-refractivity contribution in [3.63, 3.8) is 0 Å². The zero-order chi connectivity index (χ0) is 8.81. The first-order valence-electron chi connectivity index (χ1n) is 4.16.